The topological polar surface area (TPSA) is 245 Å². The Labute approximate surface area is 659 Å². The van der Waals surface area contributed by atoms with Crippen molar-refractivity contribution in [2.75, 3.05) is 39.3 Å². The minimum atomic E-state index is -2.52. The fraction of sp³-hybridized carbons (Fsp3) is 0.972. The van der Waals surface area contributed by atoms with Crippen LogP contribution >= 0.6 is 0 Å². The van der Waals surface area contributed by atoms with E-state index in [1.54, 1.807) is 0 Å². The molecule has 0 saturated heterocycles. The van der Waals surface area contributed by atoms with Crippen LogP contribution in [0, 0.1) is 11.8 Å². The molecule has 0 aromatic rings. The highest BCUT2D eigenvalue weighted by Gasteiger charge is 2.49. The van der Waals surface area contributed by atoms with Crippen LogP contribution in [0.4, 0.5) is 0 Å². The number of nitrogens with two attached hydrogens (primary N) is 4. The van der Waals surface area contributed by atoms with Gasteiger partial charge in [-0.2, -0.15) is 0 Å². The second-order valence-corrected chi connectivity index (χ2v) is 76.7. The fourth-order valence-electron chi connectivity index (χ4n) is 10.9. The van der Waals surface area contributed by atoms with Crippen molar-refractivity contribution in [3.8, 4) is 0 Å². The van der Waals surface area contributed by atoms with Crippen LogP contribution in [0.1, 0.15) is 232 Å². The number of carbonyl (C=O) groups is 2. The molecule has 0 rings (SSSR count). The Morgan fingerprint density at radius 2 is 0.594 bits per heavy atom. The highest BCUT2D eigenvalue weighted by atomic mass is 28.5. The lowest BCUT2D eigenvalue weighted by atomic mass is 9.98. The molecule has 0 bridgehead atoms. The first-order valence-electron chi connectivity index (χ1n) is 32.2. The van der Waals surface area contributed by atoms with Crippen LogP contribution in [-0.4, -0.2) is 153 Å². The van der Waals surface area contributed by atoms with E-state index in [0.29, 0.717) is 45.7 Å². The molecule has 0 aromatic heterocycles. The Hall–Kier alpha value is 1.02. The molecule has 10 N–H and O–H groups in total. The van der Waals surface area contributed by atoms with Gasteiger partial charge in [-0.05, 0) is 225 Å². The van der Waals surface area contributed by atoms with Crippen LogP contribution in [0.2, 0.25) is 187 Å². The van der Waals surface area contributed by atoms with Crippen LogP contribution in [0.3, 0.4) is 0 Å². The van der Waals surface area contributed by atoms with Crippen molar-refractivity contribution in [3.63, 3.8) is 0 Å². The molecule has 0 heterocycles. The first-order valence-corrected chi connectivity index (χ1v) is 67.2. The Kier molecular flexibility index (Phi) is 118. The molecule has 0 aliphatic rings. The summed E-state index contributed by atoms with van der Waals surface area (Å²) < 4.78 is 60.3. The molecular weight excluding hydrogens is 1460 g/mol. The third-order valence-electron chi connectivity index (χ3n) is 12.5. The quantitative estimate of drug-likeness (QED) is 0.0311. The van der Waals surface area contributed by atoms with Gasteiger partial charge in [-0.15, -0.1) is 0 Å². The third-order valence-corrected chi connectivity index (χ3v) is 55.5. The van der Waals surface area contributed by atoms with Crippen LogP contribution in [0.25, 0.3) is 0 Å². The van der Waals surface area contributed by atoms with Gasteiger partial charge in [0.05, 0.1) is 0 Å². The molecule has 0 aliphatic heterocycles. The number of hydrogen-bond donors (Lipinski definition) is 6. The van der Waals surface area contributed by atoms with E-state index in [0.717, 1.165) is 74.3 Å². The van der Waals surface area contributed by atoms with E-state index in [1.165, 1.54) is 25.7 Å². The molecule has 2 amide bonds. The van der Waals surface area contributed by atoms with Crippen LogP contribution in [-0.2, 0) is 46.6 Å². The van der Waals surface area contributed by atoms with Gasteiger partial charge in [0, 0.05) is 38.5 Å². The zero-order chi connectivity index (χ0) is 65.4. The van der Waals surface area contributed by atoms with Crippen molar-refractivity contribution in [1.29, 1.82) is 0 Å². The van der Waals surface area contributed by atoms with Gasteiger partial charge in [0.1, 0.15) is 0 Å². The molecule has 0 aromatic carbocycles. The lowest BCUT2D eigenvalue weighted by molar-refractivity contribution is -0.130. The molecule has 644 valence electrons. The maximum atomic E-state index is 12.7. The van der Waals surface area contributed by atoms with Crippen molar-refractivity contribution in [2.24, 2.45) is 34.8 Å². The number of hydrogen-bond acceptors (Lipinski definition) is 15. The predicted molar refractivity (Wildman–Crippen MR) is 508 cm³/mol. The van der Waals surface area contributed by atoms with Gasteiger partial charge in [0.2, 0.25) is 11.8 Å². The summed E-state index contributed by atoms with van der Waals surface area (Å²) >= 11 is 0. The molecule has 0 aliphatic carbocycles. The van der Waals surface area contributed by atoms with Gasteiger partial charge in [-0.25, -0.2) is 0 Å². The molecule has 8 atom stereocenters. The van der Waals surface area contributed by atoms with E-state index in [4.69, 9.17) is 60.0 Å². The average Bonchev–Trinajstić information content (AvgIpc) is 3.25. The molecule has 0 saturated carbocycles. The largest absolute Gasteiger partial charge is 0.439 e. The summed E-state index contributed by atoms with van der Waals surface area (Å²) in [5, 5.41) is 5.60. The molecule has 0 spiro atoms. The highest BCUT2D eigenvalue weighted by molar-refractivity contribution is 6.91. The van der Waals surface area contributed by atoms with Crippen molar-refractivity contribution in [1.82, 2.24) is 10.6 Å². The second-order valence-electron chi connectivity index (χ2n) is 29.4. The van der Waals surface area contributed by atoms with Gasteiger partial charge in [-0.3, -0.25) is 9.59 Å². The maximum Gasteiger partial charge on any atom is 0.315 e. The predicted octanol–water partition coefficient (Wildman–Crippen LogP) is 24.8. The summed E-state index contributed by atoms with van der Waals surface area (Å²) in [6.07, 6.45) is 10.6. The van der Waals surface area contributed by atoms with E-state index < -0.39 is 108 Å². The Morgan fingerprint density at radius 3 is 0.851 bits per heavy atom. The third kappa shape index (κ3) is 89.8. The van der Waals surface area contributed by atoms with E-state index >= 15 is 0 Å². The summed E-state index contributed by atoms with van der Waals surface area (Å²) in [7, 11) is -23.7. The van der Waals surface area contributed by atoms with Crippen molar-refractivity contribution in [3.05, 3.63) is 0 Å². The molecule has 101 heavy (non-hydrogen) atoms. The molecule has 0 fully saturated rings. The maximum absolute atomic E-state index is 12.7. The van der Waals surface area contributed by atoms with Gasteiger partial charge in [0.15, 0.2) is 50.6 Å². The van der Waals surface area contributed by atoms with Crippen molar-refractivity contribution < 1.29 is 46.6 Å². The molecular formula is C72H212N6O11Si12. The first-order chi connectivity index (χ1) is 37.6. The van der Waals surface area contributed by atoms with E-state index in [2.05, 4.69) is 189 Å². The minimum absolute atomic E-state index is 0. The minimum Gasteiger partial charge on any atom is -0.439 e. The van der Waals surface area contributed by atoms with Crippen molar-refractivity contribution in [2.45, 2.75) is 419 Å². The molecule has 8 unspecified atom stereocenters. The highest BCUT2D eigenvalue weighted by Crippen LogP contribution is 2.34. The summed E-state index contributed by atoms with van der Waals surface area (Å²) in [5.74, 6) is 0.0755. The Morgan fingerprint density at radius 1 is 0.337 bits per heavy atom. The van der Waals surface area contributed by atoms with Crippen LogP contribution in [0.15, 0.2) is 0 Å². The summed E-state index contributed by atoms with van der Waals surface area (Å²) in [5.41, 5.74) is 22.6. The summed E-state index contributed by atoms with van der Waals surface area (Å²) in [4.78, 5) is 25.0. The molecule has 0 radical (unpaired) electrons. The number of amides is 2. The van der Waals surface area contributed by atoms with Gasteiger partial charge in [0.25, 0.3) is 0 Å². The Bertz CT molecular complexity index is 1750. The van der Waals surface area contributed by atoms with E-state index in [1.807, 2.05) is 0 Å². The fourth-order valence-corrected chi connectivity index (χ4v) is 65.2. The van der Waals surface area contributed by atoms with Crippen LogP contribution in [0.5, 0.6) is 0 Å². The number of carbonyl (C=O) groups excluding carboxylic acids is 2. The normalized spacial score (nSPS) is 14.7. The van der Waals surface area contributed by atoms with E-state index in [-0.39, 0.29) is 152 Å². The van der Waals surface area contributed by atoms with Crippen LogP contribution < -0.4 is 33.6 Å². The lowest BCUT2D eigenvalue weighted by Crippen LogP contribution is -2.58. The zero-order valence-corrected chi connectivity index (χ0v) is 71.5. The van der Waals surface area contributed by atoms with Gasteiger partial charge < -0.3 is 70.6 Å². The first kappa shape index (κ1) is 159. The van der Waals surface area contributed by atoms with Gasteiger partial charge in [-0.1, -0.05) is 206 Å². The van der Waals surface area contributed by atoms with E-state index in [9.17, 15) is 9.59 Å². The van der Waals surface area contributed by atoms with Crippen molar-refractivity contribution >= 4 is 114 Å². The second kappa shape index (κ2) is 75.1. The lowest BCUT2D eigenvalue weighted by Gasteiger charge is -2.43. The van der Waals surface area contributed by atoms with Gasteiger partial charge >= 0.3 is 51.4 Å². The zero-order valence-electron chi connectivity index (χ0n) is 59.3. The monoisotopic (exact) mass is 1670 g/mol. The standard InChI is InChI=1S/C21H52N4O5Si4.C19H49NO3Si4.C14H39NO3Si4.18CH4/c1-9-16-34(8,29-32(4,5)6)30-33(7,28-31(2)3)17-10-11-19(21(27)25-15-13-23)18-20(26)24-14-12-22;1-11-14-19(2)15-12-17-26(9,21-24(3,4)5)23-27(10,18-13-16-20)22-25(6,7)8;1-10-13-21(8,16-19(2,3)4)18-22(9,14-11-12-15)17-20(5,6)7;;;;;;;;;;;;;;;;;;/h19,31H,9-18,22-23H2,1-8H3,(H,24,26)(H,25,27);19H,11-18,20H2,1-10H3;10-15H2,1-9H3;18*1H4. The Balaban J connectivity index is -0.0000000467. The number of rotatable bonds is 45. The molecule has 29 heteroatoms. The SMILES string of the molecule is C.C.C.C.C.C.C.C.C.C.C.C.C.C.C.C.C.C.CCCC(C)CCC[Si](C)(O[Si](C)(C)C)O[Si](C)(CCCN)O[Si](C)(C)C.CCC[Si](C)(O[Si](C)(C)C)O[Si](C)(CCCC(CC(=O)NCCN)C(=O)NCCN)O[SiH](C)C.CCC[Si](C)(O[Si](C)(C)C)O[Si](C)(CCCN)O[Si](C)(C)C. The molecule has 17 nitrogen and oxygen atoms in total. The smallest absolute Gasteiger partial charge is 0.315 e. The number of nitrogens with one attached hydrogen (secondary N) is 2. The summed E-state index contributed by atoms with van der Waals surface area (Å²) in [6.45, 7) is 63.2. The average molecular weight is 1680 g/mol. The summed E-state index contributed by atoms with van der Waals surface area (Å²) in [6, 6.07) is 5.76.